The first-order valence-electron chi connectivity index (χ1n) is 23.2. The van der Waals surface area contributed by atoms with E-state index in [1.165, 1.54) is 162 Å². The van der Waals surface area contributed by atoms with Crippen LogP contribution in [-0.2, 0) is 12.8 Å². The summed E-state index contributed by atoms with van der Waals surface area (Å²) in [6.45, 7) is 14.3. The minimum Gasteiger partial charge on any atom is -0.308 e. The zero-order valence-electron chi connectivity index (χ0n) is 35.6. The molecule has 4 aromatic carbocycles. The predicted molar refractivity (Wildman–Crippen MR) is 244 cm³/mol. The molecule has 7 aliphatic carbocycles. The Hall–Kier alpha value is -4.88. The summed E-state index contributed by atoms with van der Waals surface area (Å²) in [6.07, 6.45) is 16.1. The molecule has 0 radical (unpaired) electrons. The maximum atomic E-state index is 10.8. The highest BCUT2D eigenvalue weighted by Crippen LogP contribution is 2.59. The lowest BCUT2D eigenvalue weighted by molar-refractivity contribution is 0.165. The molecule has 9 aromatic rings. The van der Waals surface area contributed by atoms with E-state index in [9.17, 15) is 5.26 Å². The molecule has 3 fully saturated rings. The van der Waals surface area contributed by atoms with Crippen LogP contribution in [0.4, 0.5) is 0 Å². The van der Waals surface area contributed by atoms with E-state index in [0.717, 1.165) is 30.2 Å². The van der Waals surface area contributed by atoms with Crippen LogP contribution in [0.15, 0.2) is 48.7 Å². The van der Waals surface area contributed by atoms with Crippen molar-refractivity contribution < 1.29 is 0 Å². The Bertz CT molecular complexity index is 3360. The molecule has 3 saturated carbocycles. The largest absolute Gasteiger partial charge is 0.308 e. The third-order valence-corrected chi connectivity index (χ3v) is 16.6. The van der Waals surface area contributed by atoms with Gasteiger partial charge in [0.05, 0.1) is 50.9 Å². The first kappa shape index (κ1) is 33.9. The van der Waals surface area contributed by atoms with Gasteiger partial charge in [-0.05, 0) is 181 Å². The van der Waals surface area contributed by atoms with Crippen molar-refractivity contribution in [2.75, 3.05) is 0 Å². The van der Waals surface area contributed by atoms with E-state index in [1.54, 1.807) is 5.56 Å². The van der Waals surface area contributed by atoms with Crippen molar-refractivity contribution in [2.45, 2.75) is 136 Å². The lowest BCUT2D eigenvalue weighted by Crippen LogP contribution is -2.25. The molecule has 7 aliphatic rings. The fourth-order valence-corrected chi connectivity index (χ4v) is 15.0. The lowest BCUT2D eigenvalue weighted by Gasteiger charge is -2.39. The van der Waals surface area contributed by atoms with Crippen molar-refractivity contribution in [1.82, 2.24) is 13.8 Å². The Kier molecular flexibility index (Phi) is 6.26. The van der Waals surface area contributed by atoms with Gasteiger partial charge in [-0.25, -0.2) is 0 Å². The van der Waals surface area contributed by atoms with Crippen LogP contribution in [0.2, 0.25) is 0 Å². The fourth-order valence-electron chi connectivity index (χ4n) is 15.0. The Labute approximate surface area is 346 Å². The van der Waals surface area contributed by atoms with Crippen molar-refractivity contribution in [2.24, 2.45) is 22.7 Å². The Morgan fingerprint density at radius 1 is 0.542 bits per heavy atom. The molecular weight excluding hydrogens is 717 g/mol. The second kappa shape index (κ2) is 10.9. The van der Waals surface area contributed by atoms with Crippen LogP contribution in [0.1, 0.15) is 162 Å². The third-order valence-electron chi connectivity index (χ3n) is 16.6. The van der Waals surface area contributed by atoms with Crippen molar-refractivity contribution in [3.63, 3.8) is 0 Å². The van der Waals surface area contributed by atoms with E-state index >= 15 is 0 Å². The summed E-state index contributed by atoms with van der Waals surface area (Å²) < 4.78 is 5.23. The van der Waals surface area contributed by atoms with Crippen LogP contribution in [-0.4, -0.2) is 13.8 Å². The summed E-state index contributed by atoms with van der Waals surface area (Å²) in [7, 11) is 0. The standard InChI is InChI=1S/C55H54N4/c1-54(2,3)23-29-16-38-36-22-43-37(21-42(36)58-44-20-35(25-56)46-31-7-9-32(10-8-31)47(46)49(44)40(18-29)52(38)58)39-17-30(24-55(4,5)6)19-41-50-45(59(43)53(39)41)26-57-51-34-14-27-11-28(15-34)13-33(12-27)48(50)51/h16-22,26-28,31-34H,7-15,23-24H2,1-6H3. The zero-order chi connectivity index (χ0) is 39.6. The van der Waals surface area contributed by atoms with Crippen molar-refractivity contribution in [3.8, 4) is 6.07 Å². The maximum Gasteiger partial charge on any atom is 0.0995 e. The molecule has 2 atom stereocenters. The monoisotopic (exact) mass is 770 g/mol. The topological polar surface area (TPSA) is 45.5 Å². The number of fused-ring (bicyclic) bond motifs is 14. The van der Waals surface area contributed by atoms with Gasteiger partial charge in [-0.2, -0.15) is 5.26 Å². The Balaban J connectivity index is 1.15. The van der Waals surface area contributed by atoms with Gasteiger partial charge in [0, 0.05) is 54.7 Å². The van der Waals surface area contributed by atoms with E-state index in [2.05, 4.69) is 105 Å². The average molecular weight is 771 g/mol. The zero-order valence-corrected chi connectivity index (χ0v) is 35.6. The van der Waals surface area contributed by atoms with Gasteiger partial charge in [-0.15, -0.1) is 0 Å². The molecular formula is C55H54N4. The summed E-state index contributed by atoms with van der Waals surface area (Å²) in [4.78, 5) is 5.51. The van der Waals surface area contributed by atoms with Gasteiger partial charge in [-0.1, -0.05) is 41.5 Å². The fraction of sp³-hybridized carbons (Fsp3) is 0.455. The first-order chi connectivity index (χ1) is 28.4. The molecule has 0 spiro atoms. The third kappa shape index (κ3) is 4.38. The van der Waals surface area contributed by atoms with Gasteiger partial charge in [0.15, 0.2) is 0 Å². The quantitative estimate of drug-likeness (QED) is 0.176. The SMILES string of the molecule is CC(C)(C)Cc1cc2c3cc4c(cc3n3c5cnc6c(c5c(c1)c23)C1CC2CC(CC6C2)C1)c1cc(CC(C)(C)C)cc2c3c5c(c(C#N)cc3n4c12)C1CCC5CC1. The molecule has 294 valence electrons. The molecule has 5 heterocycles. The molecule has 59 heavy (non-hydrogen) atoms. The number of benzene rings is 4. The van der Waals surface area contributed by atoms with Crippen LogP contribution < -0.4 is 0 Å². The number of hydrogen-bond donors (Lipinski definition) is 0. The molecule has 0 saturated heterocycles. The van der Waals surface area contributed by atoms with Gasteiger partial charge >= 0.3 is 0 Å². The first-order valence-corrected chi connectivity index (χ1v) is 23.2. The molecule has 0 N–H and O–H groups in total. The summed E-state index contributed by atoms with van der Waals surface area (Å²) in [5.74, 6) is 4.04. The van der Waals surface area contributed by atoms with Gasteiger partial charge in [0.1, 0.15) is 0 Å². The van der Waals surface area contributed by atoms with Gasteiger partial charge < -0.3 is 8.80 Å². The highest BCUT2D eigenvalue weighted by atomic mass is 14.9. The Morgan fingerprint density at radius 3 is 1.61 bits per heavy atom. The number of hydrogen-bond acceptors (Lipinski definition) is 2. The molecule has 4 nitrogen and oxygen atoms in total. The molecule has 0 aliphatic heterocycles. The smallest absolute Gasteiger partial charge is 0.0995 e. The summed E-state index contributed by atoms with van der Waals surface area (Å²) in [5.41, 5.74) is 18.0. The van der Waals surface area contributed by atoms with Crippen LogP contribution in [0.25, 0.3) is 76.2 Å². The van der Waals surface area contributed by atoms with Gasteiger partial charge in [-0.3, -0.25) is 4.98 Å². The minimum atomic E-state index is 0.163. The number of aromatic nitrogens is 3. The number of pyridine rings is 1. The number of nitrogens with zero attached hydrogens (tertiary/aromatic N) is 4. The highest BCUT2D eigenvalue weighted by molar-refractivity contribution is 6.30. The molecule has 2 unspecified atom stereocenters. The minimum absolute atomic E-state index is 0.163. The van der Waals surface area contributed by atoms with Crippen LogP contribution in [0, 0.1) is 34.0 Å². The second-order valence-corrected chi connectivity index (χ2v) is 23.0. The predicted octanol–water partition coefficient (Wildman–Crippen LogP) is 14.6. The van der Waals surface area contributed by atoms with Crippen LogP contribution in [0.5, 0.6) is 0 Å². The van der Waals surface area contributed by atoms with E-state index < -0.39 is 0 Å². The molecule has 16 rings (SSSR count). The molecule has 0 amide bonds. The van der Waals surface area contributed by atoms with Gasteiger partial charge in [0.2, 0.25) is 0 Å². The Morgan fingerprint density at radius 2 is 1.05 bits per heavy atom. The summed E-state index contributed by atoms with van der Waals surface area (Å²) in [6, 6.07) is 20.4. The molecule has 6 bridgehead atoms. The summed E-state index contributed by atoms with van der Waals surface area (Å²) >= 11 is 0. The summed E-state index contributed by atoms with van der Waals surface area (Å²) in [5, 5.41) is 22.0. The van der Waals surface area contributed by atoms with Crippen molar-refractivity contribution >= 4 is 76.2 Å². The van der Waals surface area contributed by atoms with E-state index in [-0.39, 0.29) is 10.8 Å². The lowest BCUT2D eigenvalue weighted by atomic mass is 9.65. The second-order valence-electron chi connectivity index (χ2n) is 23.0. The maximum absolute atomic E-state index is 10.8. The highest BCUT2D eigenvalue weighted by Gasteiger charge is 2.44. The van der Waals surface area contributed by atoms with E-state index in [0.29, 0.717) is 23.7 Å². The number of rotatable bonds is 2. The van der Waals surface area contributed by atoms with E-state index in [1.807, 2.05) is 0 Å². The van der Waals surface area contributed by atoms with Crippen molar-refractivity contribution in [3.05, 3.63) is 87.7 Å². The van der Waals surface area contributed by atoms with Crippen molar-refractivity contribution in [1.29, 1.82) is 5.26 Å². The van der Waals surface area contributed by atoms with Gasteiger partial charge in [0.25, 0.3) is 0 Å². The average Bonchev–Trinajstić information content (AvgIpc) is 3.87. The molecule has 5 aromatic heterocycles. The van der Waals surface area contributed by atoms with Crippen LogP contribution in [0.3, 0.4) is 0 Å². The normalized spacial score (nSPS) is 25.3. The number of nitriles is 1. The van der Waals surface area contributed by atoms with E-state index in [4.69, 9.17) is 4.98 Å². The molecule has 4 heteroatoms. The van der Waals surface area contributed by atoms with Crippen LogP contribution >= 0.6 is 0 Å².